The Morgan fingerprint density at radius 2 is 1.89 bits per heavy atom. The third-order valence-electron chi connectivity index (χ3n) is 3.63. The minimum absolute atomic E-state index is 0.0619. The van der Waals surface area contributed by atoms with Crippen molar-refractivity contribution in [3.63, 3.8) is 0 Å². The highest BCUT2D eigenvalue weighted by Crippen LogP contribution is 2.44. The molecule has 1 aliphatic carbocycles. The summed E-state index contributed by atoms with van der Waals surface area (Å²) in [6, 6.07) is 7.27. The predicted molar refractivity (Wildman–Crippen MR) is 70.2 cm³/mol. The van der Waals surface area contributed by atoms with Crippen molar-refractivity contribution in [1.29, 1.82) is 0 Å². The van der Waals surface area contributed by atoms with Gasteiger partial charge in [-0.1, -0.05) is 29.8 Å². The van der Waals surface area contributed by atoms with Gasteiger partial charge in [0.25, 0.3) is 0 Å². The highest BCUT2D eigenvalue weighted by Gasteiger charge is 2.46. The third kappa shape index (κ3) is 3.14. The molecule has 0 aromatic heterocycles. The lowest BCUT2D eigenvalue weighted by Crippen LogP contribution is -2.34. The first-order valence-electron chi connectivity index (χ1n) is 6.15. The molecule has 0 saturated heterocycles. The Bertz CT molecular complexity index is 467. The highest BCUT2D eigenvalue weighted by molar-refractivity contribution is 8.00. The molecule has 0 aliphatic heterocycles. The van der Waals surface area contributed by atoms with Crippen molar-refractivity contribution >= 4 is 17.5 Å². The van der Waals surface area contributed by atoms with E-state index in [1.165, 1.54) is 0 Å². The Morgan fingerprint density at radius 3 is 2.37 bits per heavy atom. The van der Waals surface area contributed by atoms with Crippen LogP contribution in [0.15, 0.2) is 24.3 Å². The van der Waals surface area contributed by atoms with Crippen LogP contribution in [0.4, 0.5) is 13.2 Å². The van der Waals surface area contributed by atoms with E-state index < -0.39 is 10.9 Å². The SMILES string of the molecule is Cc1ccc(C2(CSC(F)(F)F)CCCC2=O)cc1. The maximum atomic E-state index is 12.4. The van der Waals surface area contributed by atoms with Crippen molar-refractivity contribution < 1.29 is 18.0 Å². The van der Waals surface area contributed by atoms with Crippen molar-refractivity contribution in [1.82, 2.24) is 0 Å². The number of alkyl halides is 3. The number of ketones is 1. The van der Waals surface area contributed by atoms with Crippen molar-refractivity contribution in [2.24, 2.45) is 0 Å². The Balaban J connectivity index is 2.30. The van der Waals surface area contributed by atoms with Gasteiger partial charge in [-0.15, -0.1) is 0 Å². The topological polar surface area (TPSA) is 17.1 Å². The van der Waals surface area contributed by atoms with Crippen LogP contribution >= 0.6 is 11.8 Å². The first-order valence-corrected chi connectivity index (χ1v) is 7.13. The van der Waals surface area contributed by atoms with E-state index in [1.54, 1.807) is 12.1 Å². The third-order valence-corrected chi connectivity index (χ3v) is 4.59. The molecule has 0 radical (unpaired) electrons. The highest BCUT2D eigenvalue weighted by atomic mass is 32.2. The summed E-state index contributed by atoms with van der Waals surface area (Å²) in [6.07, 6.45) is 1.56. The van der Waals surface area contributed by atoms with Crippen LogP contribution in [0.1, 0.15) is 30.4 Å². The van der Waals surface area contributed by atoms with Gasteiger partial charge in [-0.05, 0) is 37.1 Å². The number of carbonyl (C=O) groups is 1. The Labute approximate surface area is 114 Å². The van der Waals surface area contributed by atoms with E-state index in [0.29, 0.717) is 19.3 Å². The van der Waals surface area contributed by atoms with E-state index in [0.717, 1.165) is 11.1 Å². The number of halogens is 3. The Hall–Kier alpha value is -0.970. The van der Waals surface area contributed by atoms with Crippen LogP contribution in [0.3, 0.4) is 0 Å². The molecule has 1 aromatic rings. The van der Waals surface area contributed by atoms with E-state index in [-0.39, 0.29) is 23.3 Å². The standard InChI is InChI=1S/C14H15F3OS/c1-10-4-6-11(7-5-10)13(8-2-3-12(13)18)9-19-14(15,16)17/h4-7H,2-3,8-9H2,1H3. The first kappa shape index (κ1) is 14.4. The molecular weight excluding hydrogens is 273 g/mol. The van der Waals surface area contributed by atoms with Gasteiger partial charge in [-0.2, -0.15) is 13.2 Å². The minimum Gasteiger partial charge on any atom is -0.299 e. The molecular formula is C14H15F3OS. The van der Waals surface area contributed by atoms with Crippen LogP contribution in [0.5, 0.6) is 0 Å². The molecule has 1 atom stereocenters. The van der Waals surface area contributed by atoms with Crippen molar-refractivity contribution in [2.75, 3.05) is 5.75 Å². The summed E-state index contributed by atoms with van der Waals surface area (Å²) >= 11 is -0.0884. The largest absolute Gasteiger partial charge is 0.441 e. The smallest absolute Gasteiger partial charge is 0.299 e. The number of hydrogen-bond acceptors (Lipinski definition) is 2. The summed E-state index contributed by atoms with van der Waals surface area (Å²) in [7, 11) is 0. The molecule has 1 nitrogen and oxygen atoms in total. The Kier molecular flexibility index (Phi) is 3.95. The van der Waals surface area contributed by atoms with E-state index in [1.807, 2.05) is 19.1 Å². The zero-order valence-electron chi connectivity index (χ0n) is 10.6. The molecule has 1 unspecified atom stereocenters. The lowest BCUT2D eigenvalue weighted by molar-refractivity contribution is -0.121. The molecule has 0 bridgehead atoms. The van der Waals surface area contributed by atoms with E-state index in [9.17, 15) is 18.0 Å². The molecule has 5 heteroatoms. The van der Waals surface area contributed by atoms with E-state index in [2.05, 4.69) is 0 Å². The van der Waals surface area contributed by atoms with Crippen molar-refractivity contribution in [2.45, 2.75) is 37.1 Å². The second-order valence-corrected chi connectivity index (χ2v) is 6.00. The fourth-order valence-corrected chi connectivity index (χ4v) is 3.43. The lowest BCUT2D eigenvalue weighted by atomic mass is 9.79. The number of hydrogen-bond donors (Lipinski definition) is 0. The molecule has 19 heavy (non-hydrogen) atoms. The molecule has 104 valence electrons. The van der Waals surface area contributed by atoms with E-state index in [4.69, 9.17) is 0 Å². The summed E-state index contributed by atoms with van der Waals surface area (Å²) in [4.78, 5) is 12.1. The monoisotopic (exact) mass is 288 g/mol. The number of aryl methyl sites for hydroxylation is 1. The van der Waals surface area contributed by atoms with Crippen LogP contribution in [-0.4, -0.2) is 17.0 Å². The van der Waals surface area contributed by atoms with Crippen LogP contribution in [-0.2, 0) is 10.2 Å². The number of benzene rings is 1. The minimum atomic E-state index is -4.29. The molecule has 0 heterocycles. The average molecular weight is 288 g/mol. The zero-order valence-corrected chi connectivity index (χ0v) is 11.4. The normalized spacial score (nSPS) is 23.9. The summed E-state index contributed by atoms with van der Waals surface area (Å²) in [5, 5.41) is 0. The number of Topliss-reactive ketones (excluding diaryl/α,β-unsaturated/α-hetero) is 1. The average Bonchev–Trinajstić information content (AvgIpc) is 2.69. The summed E-state index contributed by atoms with van der Waals surface area (Å²) in [6.45, 7) is 1.91. The molecule has 1 aromatic carbocycles. The number of thioether (sulfide) groups is 1. The van der Waals surface area contributed by atoms with Crippen LogP contribution < -0.4 is 0 Å². The summed E-state index contributed by atoms with van der Waals surface area (Å²) < 4.78 is 37.3. The van der Waals surface area contributed by atoms with Crippen LogP contribution in [0, 0.1) is 6.92 Å². The fourth-order valence-electron chi connectivity index (χ4n) is 2.55. The molecule has 1 saturated carbocycles. The second-order valence-electron chi connectivity index (χ2n) is 4.96. The van der Waals surface area contributed by atoms with Crippen molar-refractivity contribution in [3.05, 3.63) is 35.4 Å². The molecule has 0 spiro atoms. The summed E-state index contributed by atoms with van der Waals surface area (Å²) in [5.74, 6) is -0.272. The molecule has 1 fully saturated rings. The molecule has 2 rings (SSSR count). The van der Waals surface area contributed by atoms with Crippen LogP contribution in [0.25, 0.3) is 0 Å². The lowest BCUT2D eigenvalue weighted by Gasteiger charge is -2.28. The van der Waals surface area contributed by atoms with Gasteiger partial charge in [-0.25, -0.2) is 0 Å². The quantitative estimate of drug-likeness (QED) is 0.827. The zero-order chi connectivity index (χ0) is 14.1. The maximum Gasteiger partial charge on any atom is 0.441 e. The van der Waals surface area contributed by atoms with Gasteiger partial charge >= 0.3 is 5.51 Å². The number of rotatable bonds is 3. The predicted octanol–water partition coefficient (Wildman–Crippen LogP) is 4.24. The van der Waals surface area contributed by atoms with Crippen LogP contribution in [0.2, 0.25) is 0 Å². The fraction of sp³-hybridized carbons (Fsp3) is 0.500. The van der Waals surface area contributed by atoms with Gasteiger partial charge < -0.3 is 0 Å². The van der Waals surface area contributed by atoms with Gasteiger partial charge in [-0.3, -0.25) is 4.79 Å². The van der Waals surface area contributed by atoms with Gasteiger partial charge in [0, 0.05) is 12.2 Å². The summed E-state index contributed by atoms with van der Waals surface area (Å²) in [5.41, 5.74) is -3.49. The van der Waals surface area contributed by atoms with Gasteiger partial charge in [0.15, 0.2) is 0 Å². The van der Waals surface area contributed by atoms with E-state index >= 15 is 0 Å². The second kappa shape index (κ2) is 5.19. The molecule has 0 amide bonds. The maximum absolute atomic E-state index is 12.4. The van der Waals surface area contributed by atoms with Gasteiger partial charge in [0.1, 0.15) is 5.78 Å². The van der Waals surface area contributed by atoms with Gasteiger partial charge in [0.2, 0.25) is 0 Å². The van der Waals surface area contributed by atoms with Crippen molar-refractivity contribution in [3.8, 4) is 0 Å². The molecule has 0 N–H and O–H groups in total. The Morgan fingerprint density at radius 1 is 1.26 bits per heavy atom. The molecule has 1 aliphatic rings. The number of carbonyl (C=O) groups excluding carboxylic acids is 1. The van der Waals surface area contributed by atoms with Gasteiger partial charge in [0.05, 0.1) is 5.41 Å². The first-order chi connectivity index (χ1) is 8.83.